The predicted molar refractivity (Wildman–Crippen MR) is 94.0 cm³/mol. The fourth-order valence-corrected chi connectivity index (χ4v) is 3.26. The van der Waals surface area contributed by atoms with Gasteiger partial charge in [0.05, 0.1) is 19.7 Å². The van der Waals surface area contributed by atoms with Crippen LogP contribution >= 0.6 is 0 Å². The second kappa shape index (κ2) is 7.37. The molecule has 0 aliphatic carbocycles. The van der Waals surface area contributed by atoms with Crippen LogP contribution in [0, 0.1) is 0 Å². The van der Waals surface area contributed by atoms with Crippen molar-refractivity contribution in [1.82, 2.24) is 24.7 Å². The van der Waals surface area contributed by atoms with Crippen molar-refractivity contribution >= 4 is 32.9 Å². The van der Waals surface area contributed by atoms with E-state index in [4.69, 9.17) is 9.47 Å². The molecule has 0 atom stereocenters. The van der Waals surface area contributed by atoms with Gasteiger partial charge < -0.3 is 9.47 Å². The molecule has 2 N–H and O–H groups in total. The third kappa shape index (κ3) is 4.00. The average Bonchev–Trinajstić information content (AvgIpc) is 2.66. The monoisotopic (exact) mass is 390 g/mol. The second-order valence-corrected chi connectivity index (χ2v) is 6.67. The van der Waals surface area contributed by atoms with Crippen LogP contribution in [0.3, 0.4) is 0 Å². The van der Waals surface area contributed by atoms with Crippen LogP contribution in [0.5, 0.6) is 12.0 Å². The summed E-state index contributed by atoms with van der Waals surface area (Å²) in [6, 6.07) is 6.71. The summed E-state index contributed by atoms with van der Waals surface area (Å²) >= 11 is 0. The first-order chi connectivity index (χ1) is 12.9. The normalized spacial score (nSPS) is 11.0. The van der Waals surface area contributed by atoms with Crippen LogP contribution in [0.4, 0.5) is 10.7 Å². The van der Waals surface area contributed by atoms with Crippen molar-refractivity contribution in [1.29, 1.82) is 0 Å². The fraction of sp³-hybridized carbons (Fsp3) is 0.133. The number of rotatable bonds is 5. The maximum atomic E-state index is 12.6. The minimum absolute atomic E-state index is 0.113. The SMILES string of the molecule is COc1nc(NC(=O)NS(=O)(=O)c2cccc3cccnc23)nc(OC)n1. The molecule has 27 heavy (non-hydrogen) atoms. The Morgan fingerprint density at radius 3 is 2.33 bits per heavy atom. The van der Waals surface area contributed by atoms with Gasteiger partial charge in [0.25, 0.3) is 10.0 Å². The molecule has 1 aromatic carbocycles. The first-order valence-electron chi connectivity index (χ1n) is 7.44. The van der Waals surface area contributed by atoms with Crippen molar-refractivity contribution in [2.24, 2.45) is 0 Å². The van der Waals surface area contributed by atoms with Crippen LogP contribution < -0.4 is 19.5 Å². The lowest BCUT2D eigenvalue weighted by molar-refractivity contribution is 0.256. The molecule has 3 aromatic rings. The van der Waals surface area contributed by atoms with Gasteiger partial charge in [0.1, 0.15) is 4.90 Å². The molecule has 0 saturated heterocycles. The number of hydrogen-bond acceptors (Lipinski definition) is 9. The summed E-state index contributed by atoms with van der Waals surface area (Å²) in [7, 11) is -1.56. The highest BCUT2D eigenvalue weighted by atomic mass is 32.2. The molecule has 3 rings (SSSR count). The second-order valence-electron chi connectivity index (χ2n) is 5.02. The summed E-state index contributed by atoms with van der Waals surface area (Å²) in [6.07, 6.45) is 1.46. The van der Waals surface area contributed by atoms with Crippen molar-refractivity contribution < 1.29 is 22.7 Å². The number of hydrogen-bond donors (Lipinski definition) is 2. The summed E-state index contributed by atoms with van der Waals surface area (Å²) in [6.45, 7) is 0. The van der Waals surface area contributed by atoms with E-state index in [1.807, 2.05) is 4.72 Å². The average molecular weight is 390 g/mol. The molecule has 11 nitrogen and oxygen atoms in total. The van der Waals surface area contributed by atoms with Gasteiger partial charge in [-0.05, 0) is 12.1 Å². The Balaban J connectivity index is 1.85. The largest absolute Gasteiger partial charge is 0.467 e. The maximum absolute atomic E-state index is 12.6. The molecule has 12 heteroatoms. The van der Waals surface area contributed by atoms with E-state index in [0.717, 1.165) is 0 Å². The zero-order valence-electron chi connectivity index (χ0n) is 14.2. The van der Waals surface area contributed by atoms with Crippen LogP contribution in [-0.4, -0.2) is 48.6 Å². The van der Waals surface area contributed by atoms with Crippen molar-refractivity contribution in [2.75, 3.05) is 19.5 Å². The molecule has 2 aromatic heterocycles. The molecule has 0 fully saturated rings. The van der Waals surface area contributed by atoms with E-state index in [9.17, 15) is 13.2 Å². The molecule has 140 valence electrons. The number of nitrogens with one attached hydrogen (secondary N) is 2. The molecule has 0 aliphatic rings. The minimum atomic E-state index is -4.20. The zero-order chi connectivity index (χ0) is 19.4. The quantitative estimate of drug-likeness (QED) is 0.650. The van der Waals surface area contributed by atoms with E-state index in [2.05, 4.69) is 25.3 Å². The number of anilines is 1. The van der Waals surface area contributed by atoms with Crippen molar-refractivity contribution in [2.45, 2.75) is 4.90 Å². The third-order valence-electron chi connectivity index (χ3n) is 3.30. The van der Waals surface area contributed by atoms with Gasteiger partial charge in [-0.2, -0.15) is 9.97 Å². The Morgan fingerprint density at radius 2 is 1.67 bits per heavy atom. The number of fused-ring (bicyclic) bond motifs is 1. The Labute approximate surface area is 153 Å². The van der Waals surface area contributed by atoms with Gasteiger partial charge in [0.15, 0.2) is 0 Å². The van der Waals surface area contributed by atoms with E-state index in [-0.39, 0.29) is 28.4 Å². The van der Waals surface area contributed by atoms with Crippen molar-refractivity contribution in [3.63, 3.8) is 0 Å². The van der Waals surface area contributed by atoms with Crippen LogP contribution in [0.15, 0.2) is 41.4 Å². The molecular formula is C15H14N6O5S. The first kappa shape index (κ1) is 18.3. The standard InChI is InChI=1S/C15H14N6O5S/c1-25-14-18-12(19-15(20-14)26-2)17-13(22)21-27(23,24)10-7-3-5-9-6-4-8-16-11(9)10/h3-8H,1-2H3,(H2,17,18,19,20,21,22). The number of carbonyl (C=O) groups excluding carboxylic acids is 1. The molecule has 2 amide bonds. The van der Waals surface area contributed by atoms with Gasteiger partial charge in [0.2, 0.25) is 5.95 Å². The fourth-order valence-electron chi connectivity index (χ4n) is 2.17. The van der Waals surface area contributed by atoms with Gasteiger partial charge >= 0.3 is 18.1 Å². The van der Waals surface area contributed by atoms with Gasteiger partial charge in [-0.3, -0.25) is 10.3 Å². The van der Waals surface area contributed by atoms with E-state index < -0.39 is 16.1 Å². The molecule has 0 unspecified atom stereocenters. The Kier molecular flexibility index (Phi) is 4.98. The number of nitrogens with zero attached hydrogens (tertiary/aromatic N) is 4. The lowest BCUT2D eigenvalue weighted by Crippen LogP contribution is -2.35. The lowest BCUT2D eigenvalue weighted by atomic mass is 10.2. The third-order valence-corrected chi connectivity index (χ3v) is 4.66. The molecule has 0 radical (unpaired) electrons. The van der Waals surface area contributed by atoms with Gasteiger partial charge in [-0.25, -0.2) is 17.9 Å². The number of methoxy groups -OCH3 is 2. The Hall–Kier alpha value is -3.54. The van der Waals surface area contributed by atoms with E-state index >= 15 is 0 Å². The Bertz CT molecular complexity index is 1080. The highest BCUT2D eigenvalue weighted by Crippen LogP contribution is 2.20. The van der Waals surface area contributed by atoms with Crippen LogP contribution in [0.25, 0.3) is 10.9 Å². The van der Waals surface area contributed by atoms with Crippen LogP contribution in [0.1, 0.15) is 0 Å². The number of aromatic nitrogens is 4. The smallest absolute Gasteiger partial charge is 0.335 e. The van der Waals surface area contributed by atoms with E-state index in [0.29, 0.717) is 5.39 Å². The van der Waals surface area contributed by atoms with E-state index in [1.54, 1.807) is 24.3 Å². The first-order valence-corrected chi connectivity index (χ1v) is 8.93. The summed E-state index contributed by atoms with van der Waals surface area (Å²) in [5, 5.41) is 2.81. The van der Waals surface area contributed by atoms with E-state index in [1.165, 1.54) is 26.5 Å². The van der Waals surface area contributed by atoms with Crippen molar-refractivity contribution in [3.05, 3.63) is 36.5 Å². The van der Waals surface area contributed by atoms with Crippen molar-refractivity contribution in [3.8, 4) is 12.0 Å². The minimum Gasteiger partial charge on any atom is -0.467 e. The summed E-state index contributed by atoms with van der Waals surface area (Å²) in [4.78, 5) is 27.4. The lowest BCUT2D eigenvalue weighted by Gasteiger charge is -2.10. The topological polar surface area (TPSA) is 145 Å². The maximum Gasteiger partial charge on any atom is 0.335 e. The zero-order valence-corrected chi connectivity index (χ0v) is 15.0. The van der Waals surface area contributed by atoms with Gasteiger partial charge in [-0.1, -0.05) is 18.2 Å². The number of urea groups is 1. The van der Waals surface area contributed by atoms with Gasteiger partial charge in [-0.15, -0.1) is 4.98 Å². The van der Waals surface area contributed by atoms with Gasteiger partial charge in [0, 0.05) is 11.6 Å². The summed E-state index contributed by atoms with van der Waals surface area (Å²) in [5.74, 6) is -0.248. The molecular weight excluding hydrogens is 376 g/mol. The number of ether oxygens (including phenoxy) is 2. The molecule has 2 heterocycles. The highest BCUT2D eigenvalue weighted by Gasteiger charge is 2.22. The highest BCUT2D eigenvalue weighted by molar-refractivity contribution is 7.90. The molecule has 0 saturated carbocycles. The van der Waals surface area contributed by atoms with Crippen LogP contribution in [-0.2, 0) is 10.0 Å². The molecule has 0 aliphatic heterocycles. The summed E-state index contributed by atoms with van der Waals surface area (Å²) in [5.41, 5.74) is 0.240. The number of para-hydroxylation sites is 1. The molecule has 0 spiro atoms. The number of benzene rings is 1. The number of amides is 2. The summed E-state index contributed by atoms with van der Waals surface area (Å²) < 4.78 is 36.8. The number of carbonyl (C=O) groups is 1. The molecule has 0 bridgehead atoms. The van der Waals surface area contributed by atoms with Crippen LogP contribution in [0.2, 0.25) is 0 Å². The number of pyridine rings is 1. The number of sulfonamides is 1. The Morgan fingerprint density at radius 1 is 1.00 bits per heavy atom. The predicted octanol–water partition coefficient (Wildman–Crippen LogP) is 0.947.